The van der Waals surface area contributed by atoms with E-state index in [1.54, 1.807) is 25.1 Å². The molecule has 0 aliphatic carbocycles. The lowest BCUT2D eigenvalue weighted by Crippen LogP contribution is -2.14. The summed E-state index contributed by atoms with van der Waals surface area (Å²) in [5.41, 5.74) is 2.96. The van der Waals surface area contributed by atoms with E-state index < -0.39 is 0 Å². The predicted octanol–water partition coefficient (Wildman–Crippen LogP) is 2.60. The molecule has 0 saturated carbocycles. The van der Waals surface area contributed by atoms with E-state index in [2.05, 4.69) is 4.98 Å². The van der Waals surface area contributed by atoms with Gasteiger partial charge in [-0.3, -0.25) is 4.79 Å². The molecule has 0 N–H and O–H groups in total. The second-order valence-corrected chi connectivity index (χ2v) is 5.44. The molecule has 1 aromatic heterocycles. The van der Waals surface area contributed by atoms with E-state index in [0.29, 0.717) is 35.4 Å². The van der Waals surface area contributed by atoms with Crippen LogP contribution in [-0.4, -0.2) is 22.1 Å². The Hall–Kier alpha value is -2.95. The lowest BCUT2D eigenvalue weighted by atomic mass is 10.1. The van der Waals surface area contributed by atoms with Crippen LogP contribution in [0.15, 0.2) is 47.3 Å². The number of carbonyl (C=O) groups excluding carboxylic acids is 1. The summed E-state index contributed by atoms with van der Waals surface area (Å²) in [7, 11) is 0. The van der Waals surface area contributed by atoms with E-state index in [4.69, 9.17) is 4.74 Å². The molecular formula is C18H14N2O3. The lowest BCUT2D eigenvalue weighted by Gasteiger charge is -2.09. The lowest BCUT2D eigenvalue weighted by molar-refractivity contribution is 0.0526. The summed E-state index contributed by atoms with van der Waals surface area (Å²) in [5, 5.41) is 0.509. The maximum Gasteiger partial charge on any atom is 0.338 e. The van der Waals surface area contributed by atoms with Crippen molar-refractivity contribution in [3.05, 3.63) is 63.9 Å². The third-order valence-electron chi connectivity index (χ3n) is 4.08. The zero-order valence-electron chi connectivity index (χ0n) is 12.6. The van der Waals surface area contributed by atoms with E-state index in [1.807, 2.05) is 28.8 Å². The third-order valence-corrected chi connectivity index (χ3v) is 4.08. The fourth-order valence-corrected chi connectivity index (χ4v) is 3.02. The van der Waals surface area contributed by atoms with Gasteiger partial charge in [-0.2, -0.15) is 4.98 Å². The van der Waals surface area contributed by atoms with Gasteiger partial charge in [-0.25, -0.2) is 4.79 Å². The standard InChI is InChI=1S/C18H14N2O3/c1-2-23-18(22)11-7-8-14-15(9-11)20-10-12-5-3-4-6-13(12)16(20)19-17(14)21/h3-9H,2,10H2,1H3. The molecule has 2 heterocycles. The number of fused-ring (bicyclic) bond motifs is 5. The van der Waals surface area contributed by atoms with Crippen LogP contribution >= 0.6 is 0 Å². The minimum absolute atomic E-state index is 0.279. The van der Waals surface area contributed by atoms with Crippen LogP contribution in [0.5, 0.6) is 0 Å². The SMILES string of the molecule is CCOC(=O)c1ccc2c(=O)nc3n(c2c1)Cc1ccccc1-3. The van der Waals surface area contributed by atoms with Gasteiger partial charge in [0.05, 0.1) is 29.6 Å². The van der Waals surface area contributed by atoms with Gasteiger partial charge in [-0.15, -0.1) is 0 Å². The van der Waals surface area contributed by atoms with Crippen molar-refractivity contribution in [2.24, 2.45) is 0 Å². The summed E-state index contributed by atoms with van der Waals surface area (Å²) < 4.78 is 7.02. The second-order valence-electron chi connectivity index (χ2n) is 5.44. The molecule has 0 radical (unpaired) electrons. The maximum absolute atomic E-state index is 12.3. The van der Waals surface area contributed by atoms with Crippen LogP contribution in [0.3, 0.4) is 0 Å². The van der Waals surface area contributed by atoms with Crippen LogP contribution in [0.4, 0.5) is 0 Å². The first-order valence-electron chi connectivity index (χ1n) is 7.49. The number of ether oxygens (including phenoxy) is 1. The summed E-state index contributed by atoms with van der Waals surface area (Å²) >= 11 is 0. The smallest absolute Gasteiger partial charge is 0.338 e. The first-order chi connectivity index (χ1) is 11.2. The molecule has 4 rings (SSSR count). The summed E-state index contributed by atoms with van der Waals surface area (Å²) in [5.74, 6) is 0.266. The van der Waals surface area contributed by atoms with Crippen molar-refractivity contribution in [1.82, 2.24) is 9.55 Å². The number of aromatic nitrogens is 2. The Morgan fingerprint density at radius 3 is 2.91 bits per heavy atom. The number of hydrogen-bond donors (Lipinski definition) is 0. The van der Waals surface area contributed by atoms with Crippen LogP contribution in [0.25, 0.3) is 22.3 Å². The van der Waals surface area contributed by atoms with Gasteiger partial charge in [0, 0.05) is 5.56 Å². The molecule has 23 heavy (non-hydrogen) atoms. The van der Waals surface area contributed by atoms with Crippen LogP contribution in [-0.2, 0) is 11.3 Å². The molecule has 0 spiro atoms. The van der Waals surface area contributed by atoms with Crippen molar-refractivity contribution in [3.63, 3.8) is 0 Å². The summed E-state index contributed by atoms with van der Waals surface area (Å²) in [6.45, 7) is 2.72. The van der Waals surface area contributed by atoms with Crippen molar-refractivity contribution in [2.45, 2.75) is 13.5 Å². The Balaban J connectivity index is 1.98. The average Bonchev–Trinajstić information content (AvgIpc) is 2.94. The molecule has 1 aliphatic heterocycles. The van der Waals surface area contributed by atoms with Crippen LogP contribution in [0, 0.1) is 0 Å². The van der Waals surface area contributed by atoms with Gasteiger partial charge in [0.2, 0.25) is 0 Å². The highest BCUT2D eigenvalue weighted by Crippen LogP contribution is 2.31. The van der Waals surface area contributed by atoms with E-state index in [1.165, 1.54) is 0 Å². The normalized spacial score (nSPS) is 12.0. The number of carbonyl (C=O) groups is 1. The fourth-order valence-electron chi connectivity index (χ4n) is 3.02. The Kier molecular flexibility index (Phi) is 3.01. The monoisotopic (exact) mass is 306 g/mol. The van der Waals surface area contributed by atoms with Gasteiger partial charge in [0.25, 0.3) is 5.56 Å². The molecule has 0 unspecified atom stereocenters. The van der Waals surface area contributed by atoms with E-state index in [-0.39, 0.29) is 11.5 Å². The Bertz CT molecular complexity index is 1000. The quantitative estimate of drug-likeness (QED) is 0.534. The third kappa shape index (κ3) is 2.04. The number of esters is 1. The first kappa shape index (κ1) is 13.7. The molecule has 2 aromatic carbocycles. The zero-order chi connectivity index (χ0) is 16.0. The molecule has 0 bridgehead atoms. The van der Waals surface area contributed by atoms with Gasteiger partial charge in [0.1, 0.15) is 5.82 Å². The largest absolute Gasteiger partial charge is 0.462 e. The van der Waals surface area contributed by atoms with Crippen molar-refractivity contribution < 1.29 is 9.53 Å². The van der Waals surface area contributed by atoms with E-state index in [0.717, 1.165) is 11.1 Å². The van der Waals surface area contributed by atoms with E-state index in [9.17, 15) is 9.59 Å². The highest BCUT2D eigenvalue weighted by atomic mass is 16.5. The van der Waals surface area contributed by atoms with E-state index >= 15 is 0 Å². The molecule has 5 nitrogen and oxygen atoms in total. The second kappa shape index (κ2) is 5.05. The van der Waals surface area contributed by atoms with Gasteiger partial charge < -0.3 is 9.30 Å². The summed E-state index contributed by atoms with van der Waals surface area (Å²) in [4.78, 5) is 28.5. The average molecular weight is 306 g/mol. The Labute approximate surface area is 132 Å². The molecule has 0 fully saturated rings. The van der Waals surface area contributed by atoms with Crippen molar-refractivity contribution in [3.8, 4) is 11.4 Å². The van der Waals surface area contributed by atoms with Crippen LogP contribution < -0.4 is 5.56 Å². The number of nitrogens with zero attached hydrogens (tertiary/aromatic N) is 2. The van der Waals surface area contributed by atoms with Crippen LogP contribution in [0.1, 0.15) is 22.8 Å². The topological polar surface area (TPSA) is 61.2 Å². The Morgan fingerprint density at radius 1 is 1.26 bits per heavy atom. The van der Waals surface area contributed by atoms with Crippen LogP contribution in [0.2, 0.25) is 0 Å². The fraction of sp³-hybridized carbons (Fsp3) is 0.167. The molecule has 0 atom stereocenters. The van der Waals surface area contributed by atoms with Gasteiger partial charge in [-0.1, -0.05) is 24.3 Å². The molecule has 1 aliphatic rings. The number of rotatable bonds is 2. The highest BCUT2D eigenvalue weighted by Gasteiger charge is 2.22. The Morgan fingerprint density at radius 2 is 2.09 bits per heavy atom. The molecular weight excluding hydrogens is 292 g/mol. The van der Waals surface area contributed by atoms with Crippen molar-refractivity contribution >= 4 is 16.9 Å². The highest BCUT2D eigenvalue weighted by molar-refractivity contribution is 5.95. The molecule has 0 saturated heterocycles. The van der Waals surface area contributed by atoms with Crippen molar-refractivity contribution in [2.75, 3.05) is 6.61 Å². The molecule has 114 valence electrons. The maximum atomic E-state index is 12.3. The van der Waals surface area contributed by atoms with Gasteiger partial charge in [-0.05, 0) is 30.7 Å². The van der Waals surface area contributed by atoms with Gasteiger partial charge in [0.15, 0.2) is 0 Å². The number of benzene rings is 2. The number of hydrogen-bond acceptors (Lipinski definition) is 4. The minimum atomic E-state index is -0.386. The summed E-state index contributed by atoms with van der Waals surface area (Å²) in [6, 6.07) is 12.9. The van der Waals surface area contributed by atoms with Gasteiger partial charge >= 0.3 is 5.97 Å². The summed E-state index contributed by atoms with van der Waals surface area (Å²) in [6.07, 6.45) is 0. The zero-order valence-corrected chi connectivity index (χ0v) is 12.6. The first-order valence-corrected chi connectivity index (χ1v) is 7.49. The van der Waals surface area contributed by atoms with Crippen molar-refractivity contribution in [1.29, 1.82) is 0 Å². The predicted molar refractivity (Wildman–Crippen MR) is 86.5 cm³/mol. The molecule has 0 amide bonds. The minimum Gasteiger partial charge on any atom is -0.462 e. The molecule has 3 aromatic rings. The molecule has 5 heteroatoms.